The fraction of sp³-hybridized carbons (Fsp3) is 0.161. The van der Waals surface area contributed by atoms with Gasteiger partial charge in [-0.05, 0) is 59.0 Å². The van der Waals surface area contributed by atoms with Crippen LogP contribution in [0.25, 0.3) is 0 Å². The van der Waals surface area contributed by atoms with Gasteiger partial charge in [0.1, 0.15) is 12.4 Å². The molecule has 0 saturated carbocycles. The van der Waals surface area contributed by atoms with Gasteiger partial charge < -0.3 is 21.1 Å². The second-order valence-corrected chi connectivity index (χ2v) is 9.84. The molecule has 0 radical (unpaired) electrons. The minimum atomic E-state index is -0.376. The van der Waals surface area contributed by atoms with Crippen LogP contribution < -0.4 is 21.1 Å². The monoisotopic (exact) mass is 493 g/mol. The molecular formula is C31H31N3O3. The van der Waals surface area contributed by atoms with Gasteiger partial charge in [0.05, 0.1) is 11.3 Å². The third-order valence-corrected chi connectivity index (χ3v) is 5.89. The van der Waals surface area contributed by atoms with Crippen molar-refractivity contribution < 1.29 is 14.3 Å². The van der Waals surface area contributed by atoms with Crippen LogP contribution in [0.3, 0.4) is 0 Å². The molecule has 37 heavy (non-hydrogen) atoms. The molecule has 0 atom stereocenters. The van der Waals surface area contributed by atoms with Crippen LogP contribution in [0.2, 0.25) is 0 Å². The van der Waals surface area contributed by atoms with Crippen LogP contribution >= 0.6 is 0 Å². The number of carbonyl (C=O) groups excluding carboxylic acids is 2. The lowest BCUT2D eigenvalue weighted by atomic mass is 9.86. The van der Waals surface area contributed by atoms with Crippen molar-refractivity contribution >= 4 is 28.9 Å². The lowest BCUT2D eigenvalue weighted by Gasteiger charge is -2.19. The summed E-state index contributed by atoms with van der Waals surface area (Å²) < 4.78 is 5.87. The Labute approximate surface area is 217 Å². The molecule has 0 aliphatic carbocycles. The molecule has 0 unspecified atom stereocenters. The molecule has 6 heteroatoms. The molecule has 4 aromatic rings. The van der Waals surface area contributed by atoms with Crippen molar-refractivity contribution in [2.45, 2.75) is 32.8 Å². The number of anilines is 3. The van der Waals surface area contributed by atoms with Crippen molar-refractivity contribution in [3.63, 3.8) is 0 Å². The molecule has 0 spiro atoms. The standard InChI is InChI=1S/C31H31N3O3/c1-31(2,3)23-14-12-22(13-15-23)29(35)34-28-18-24(32)16-17-27(28)30(36)33-25-10-7-11-26(19-25)37-20-21-8-5-4-6-9-21/h4-19H,20,32H2,1-3H3,(H,33,36)(H,34,35). The molecule has 188 valence electrons. The van der Waals surface area contributed by atoms with E-state index in [1.807, 2.05) is 54.6 Å². The summed E-state index contributed by atoms with van der Waals surface area (Å²) in [6.07, 6.45) is 0. The summed E-state index contributed by atoms with van der Waals surface area (Å²) in [5.41, 5.74) is 10.3. The average Bonchev–Trinajstić information content (AvgIpc) is 2.88. The molecule has 4 aromatic carbocycles. The summed E-state index contributed by atoms with van der Waals surface area (Å²) in [7, 11) is 0. The van der Waals surface area contributed by atoms with Crippen molar-refractivity contribution in [3.8, 4) is 5.75 Å². The van der Waals surface area contributed by atoms with Gasteiger partial charge in [0.25, 0.3) is 11.8 Å². The zero-order valence-electron chi connectivity index (χ0n) is 21.2. The normalized spacial score (nSPS) is 11.0. The number of nitrogens with one attached hydrogen (secondary N) is 2. The summed E-state index contributed by atoms with van der Waals surface area (Å²) in [6, 6.07) is 29.3. The van der Waals surface area contributed by atoms with Crippen molar-refractivity contribution in [2.24, 2.45) is 0 Å². The van der Waals surface area contributed by atoms with E-state index in [1.54, 1.807) is 42.5 Å². The van der Waals surface area contributed by atoms with Crippen LogP contribution in [0.1, 0.15) is 52.6 Å². The number of hydrogen-bond acceptors (Lipinski definition) is 4. The fourth-order valence-electron chi connectivity index (χ4n) is 3.78. The molecule has 4 N–H and O–H groups in total. The van der Waals surface area contributed by atoms with Gasteiger partial charge in [-0.1, -0.05) is 69.3 Å². The topological polar surface area (TPSA) is 93.5 Å². The maximum absolute atomic E-state index is 13.2. The van der Waals surface area contributed by atoms with Gasteiger partial charge in [-0.15, -0.1) is 0 Å². The van der Waals surface area contributed by atoms with Crippen LogP contribution in [0, 0.1) is 0 Å². The van der Waals surface area contributed by atoms with Crippen LogP contribution in [0.4, 0.5) is 17.1 Å². The molecule has 0 saturated heterocycles. The average molecular weight is 494 g/mol. The minimum absolute atomic E-state index is 0.0158. The number of hydrogen-bond donors (Lipinski definition) is 3. The molecule has 4 rings (SSSR count). The van der Waals surface area contributed by atoms with E-state index in [1.165, 1.54) is 0 Å². The van der Waals surface area contributed by atoms with Gasteiger partial charge >= 0.3 is 0 Å². The molecule has 0 aliphatic rings. The third-order valence-electron chi connectivity index (χ3n) is 5.89. The molecule has 0 bridgehead atoms. The Morgan fingerprint density at radius 3 is 2.22 bits per heavy atom. The Bertz CT molecular complexity index is 1390. The highest BCUT2D eigenvalue weighted by Gasteiger charge is 2.17. The van der Waals surface area contributed by atoms with E-state index in [0.29, 0.717) is 40.5 Å². The highest BCUT2D eigenvalue weighted by atomic mass is 16.5. The van der Waals surface area contributed by atoms with E-state index in [2.05, 4.69) is 31.4 Å². The van der Waals surface area contributed by atoms with Gasteiger partial charge in [-0.25, -0.2) is 0 Å². The molecule has 0 aliphatic heterocycles. The summed E-state index contributed by atoms with van der Waals surface area (Å²) in [5, 5.41) is 5.72. The minimum Gasteiger partial charge on any atom is -0.489 e. The number of ether oxygens (including phenoxy) is 1. The van der Waals surface area contributed by atoms with Gasteiger partial charge in [0, 0.05) is 23.0 Å². The van der Waals surface area contributed by atoms with E-state index >= 15 is 0 Å². The first-order valence-electron chi connectivity index (χ1n) is 12.1. The number of carbonyl (C=O) groups is 2. The number of nitrogens with two attached hydrogens (primary N) is 1. The number of amides is 2. The zero-order valence-corrected chi connectivity index (χ0v) is 21.2. The maximum Gasteiger partial charge on any atom is 0.257 e. The second kappa shape index (κ2) is 11.0. The van der Waals surface area contributed by atoms with E-state index in [-0.39, 0.29) is 17.2 Å². The Morgan fingerprint density at radius 1 is 0.784 bits per heavy atom. The van der Waals surface area contributed by atoms with Crippen molar-refractivity contribution in [3.05, 3.63) is 119 Å². The lowest BCUT2D eigenvalue weighted by molar-refractivity contribution is 0.102. The summed E-state index contributed by atoms with van der Waals surface area (Å²) in [4.78, 5) is 26.1. The Kier molecular flexibility index (Phi) is 7.58. The predicted molar refractivity (Wildman–Crippen MR) is 149 cm³/mol. The van der Waals surface area contributed by atoms with Crippen molar-refractivity contribution in [1.82, 2.24) is 0 Å². The van der Waals surface area contributed by atoms with E-state index in [0.717, 1.165) is 11.1 Å². The van der Waals surface area contributed by atoms with Gasteiger partial charge in [-0.3, -0.25) is 9.59 Å². The van der Waals surface area contributed by atoms with E-state index in [4.69, 9.17) is 10.5 Å². The zero-order chi connectivity index (χ0) is 26.4. The van der Waals surface area contributed by atoms with Gasteiger partial charge in [0.2, 0.25) is 0 Å². The highest BCUT2D eigenvalue weighted by Crippen LogP contribution is 2.25. The molecular weight excluding hydrogens is 462 g/mol. The van der Waals surface area contributed by atoms with Gasteiger partial charge in [0.15, 0.2) is 0 Å². The van der Waals surface area contributed by atoms with Crippen molar-refractivity contribution in [1.29, 1.82) is 0 Å². The molecule has 0 aromatic heterocycles. The molecule has 2 amide bonds. The first-order valence-corrected chi connectivity index (χ1v) is 12.1. The van der Waals surface area contributed by atoms with Crippen LogP contribution in [-0.2, 0) is 12.0 Å². The third kappa shape index (κ3) is 6.76. The Hall–Kier alpha value is -4.58. The van der Waals surface area contributed by atoms with Gasteiger partial charge in [-0.2, -0.15) is 0 Å². The van der Waals surface area contributed by atoms with Crippen LogP contribution in [-0.4, -0.2) is 11.8 Å². The Morgan fingerprint density at radius 2 is 1.51 bits per heavy atom. The Balaban J connectivity index is 1.47. The predicted octanol–water partition coefficient (Wildman–Crippen LogP) is 6.65. The summed E-state index contributed by atoms with van der Waals surface area (Å²) in [5.74, 6) is -0.0683. The fourth-order valence-corrected chi connectivity index (χ4v) is 3.78. The lowest BCUT2D eigenvalue weighted by Crippen LogP contribution is -2.19. The van der Waals surface area contributed by atoms with Crippen LogP contribution in [0.5, 0.6) is 5.75 Å². The summed E-state index contributed by atoms with van der Waals surface area (Å²) >= 11 is 0. The first kappa shape index (κ1) is 25.5. The molecule has 0 fully saturated rings. The SMILES string of the molecule is CC(C)(C)c1ccc(C(=O)Nc2cc(N)ccc2C(=O)Nc2cccc(OCc3ccccc3)c2)cc1. The van der Waals surface area contributed by atoms with E-state index < -0.39 is 0 Å². The quantitative estimate of drug-likeness (QED) is 0.251. The number of nitrogen functional groups attached to an aromatic ring is 1. The number of benzene rings is 4. The van der Waals surface area contributed by atoms with E-state index in [9.17, 15) is 9.59 Å². The highest BCUT2D eigenvalue weighted by molar-refractivity contribution is 6.13. The summed E-state index contributed by atoms with van der Waals surface area (Å²) in [6.45, 7) is 6.77. The van der Waals surface area contributed by atoms with Crippen LogP contribution in [0.15, 0.2) is 97.1 Å². The molecule has 6 nitrogen and oxygen atoms in total. The molecule has 0 heterocycles. The first-order chi connectivity index (χ1) is 17.7. The van der Waals surface area contributed by atoms with Crippen molar-refractivity contribution in [2.75, 3.05) is 16.4 Å². The second-order valence-electron chi connectivity index (χ2n) is 9.84. The largest absolute Gasteiger partial charge is 0.489 e. The number of rotatable bonds is 7. The maximum atomic E-state index is 13.2. The smallest absolute Gasteiger partial charge is 0.257 e.